The van der Waals surface area contributed by atoms with Gasteiger partial charge in [0.05, 0.1) is 6.04 Å². The number of benzene rings is 1. The molecule has 1 fully saturated rings. The van der Waals surface area contributed by atoms with E-state index in [0.717, 1.165) is 32.4 Å². The molecule has 0 aromatic heterocycles. The molecule has 1 saturated heterocycles. The highest BCUT2D eigenvalue weighted by molar-refractivity contribution is 6.31. The van der Waals surface area contributed by atoms with Gasteiger partial charge in [-0.3, -0.25) is 9.69 Å². The van der Waals surface area contributed by atoms with Crippen LogP contribution in [0.4, 0.5) is 4.39 Å². The van der Waals surface area contributed by atoms with Crippen LogP contribution in [-0.4, -0.2) is 43.2 Å². The number of hydrogen-bond donors (Lipinski definition) is 1. The topological polar surface area (TPSA) is 41.6 Å². The molecule has 146 valence electrons. The Morgan fingerprint density at radius 3 is 2.62 bits per heavy atom. The van der Waals surface area contributed by atoms with Crippen LogP contribution in [0, 0.1) is 11.7 Å². The first-order valence-electron chi connectivity index (χ1n) is 9.47. The molecule has 1 aromatic carbocycles. The standard InChI is InChI=1S/C20H30ClFN2O2/c1-14(2)9-12-26-15(3)20(25)23-13-18(24-10-4-5-11-24)19-16(21)7-6-8-17(19)22/h6-8,14-15,18H,4-5,9-13H2,1-3H3,(H,23,25). The largest absolute Gasteiger partial charge is 0.369 e. The third-order valence-corrected chi connectivity index (χ3v) is 5.15. The lowest BCUT2D eigenvalue weighted by molar-refractivity contribution is -0.132. The van der Waals surface area contributed by atoms with Crippen LogP contribution in [0.25, 0.3) is 0 Å². The van der Waals surface area contributed by atoms with Crippen molar-refractivity contribution in [1.82, 2.24) is 10.2 Å². The summed E-state index contributed by atoms with van der Waals surface area (Å²) in [5.74, 6) is 0.0308. The average molecular weight is 385 g/mol. The molecular formula is C20H30ClFN2O2. The Balaban J connectivity index is 2.00. The van der Waals surface area contributed by atoms with Crippen molar-refractivity contribution in [3.05, 3.63) is 34.6 Å². The number of carbonyl (C=O) groups is 1. The molecular weight excluding hydrogens is 355 g/mol. The smallest absolute Gasteiger partial charge is 0.248 e. The molecule has 0 saturated carbocycles. The van der Waals surface area contributed by atoms with E-state index in [2.05, 4.69) is 24.1 Å². The quantitative estimate of drug-likeness (QED) is 0.694. The number of amides is 1. The molecule has 1 aliphatic heterocycles. The summed E-state index contributed by atoms with van der Waals surface area (Å²) in [7, 11) is 0. The van der Waals surface area contributed by atoms with Crippen LogP contribution in [0.3, 0.4) is 0 Å². The van der Waals surface area contributed by atoms with Gasteiger partial charge in [-0.2, -0.15) is 0 Å². The number of likely N-dealkylation sites (tertiary alicyclic amines) is 1. The van der Waals surface area contributed by atoms with Gasteiger partial charge in [-0.15, -0.1) is 0 Å². The summed E-state index contributed by atoms with van der Waals surface area (Å²) >= 11 is 6.27. The van der Waals surface area contributed by atoms with Crippen LogP contribution in [0.2, 0.25) is 5.02 Å². The molecule has 1 aliphatic rings. The molecule has 2 atom stereocenters. The lowest BCUT2D eigenvalue weighted by atomic mass is 10.0. The van der Waals surface area contributed by atoms with Gasteiger partial charge in [0.1, 0.15) is 11.9 Å². The van der Waals surface area contributed by atoms with Crippen molar-refractivity contribution in [3.8, 4) is 0 Å². The van der Waals surface area contributed by atoms with Gasteiger partial charge < -0.3 is 10.1 Å². The number of rotatable bonds is 9. The zero-order chi connectivity index (χ0) is 19.1. The molecule has 0 radical (unpaired) electrons. The Kier molecular flexibility index (Phi) is 8.32. The Bertz CT molecular complexity index is 571. The van der Waals surface area contributed by atoms with E-state index in [9.17, 15) is 9.18 Å². The molecule has 0 bridgehead atoms. The maximum atomic E-state index is 14.4. The van der Waals surface area contributed by atoms with Crippen molar-refractivity contribution in [2.75, 3.05) is 26.2 Å². The number of hydrogen-bond acceptors (Lipinski definition) is 3. The van der Waals surface area contributed by atoms with Crippen LogP contribution in [0.5, 0.6) is 0 Å². The third-order valence-electron chi connectivity index (χ3n) is 4.82. The maximum Gasteiger partial charge on any atom is 0.248 e. The fourth-order valence-electron chi connectivity index (χ4n) is 3.19. The SMILES string of the molecule is CC(C)CCOC(C)C(=O)NCC(c1c(F)cccc1Cl)N1CCCC1. The average Bonchev–Trinajstić information content (AvgIpc) is 3.11. The van der Waals surface area contributed by atoms with Crippen LogP contribution in [0.1, 0.15) is 51.6 Å². The fraction of sp³-hybridized carbons (Fsp3) is 0.650. The highest BCUT2D eigenvalue weighted by atomic mass is 35.5. The Morgan fingerprint density at radius 2 is 2.00 bits per heavy atom. The van der Waals surface area contributed by atoms with Crippen LogP contribution >= 0.6 is 11.6 Å². The van der Waals surface area contributed by atoms with E-state index >= 15 is 0 Å². The van der Waals surface area contributed by atoms with Crippen molar-refractivity contribution in [3.63, 3.8) is 0 Å². The summed E-state index contributed by atoms with van der Waals surface area (Å²) in [5, 5.41) is 3.32. The summed E-state index contributed by atoms with van der Waals surface area (Å²) in [6.45, 7) is 8.62. The second kappa shape index (κ2) is 10.2. The van der Waals surface area contributed by atoms with E-state index in [4.69, 9.17) is 16.3 Å². The second-order valence-electron chi connectivity index (χ2n) is 7.33. The van der Waals surface area contributed by atoms with Crippen molar-refractivity contribution in [2.24, 2.45) is 5.92 Å². The lowest BCUT2D eigenvalue weighted by Gasteiger charge is -2.29. The molecule has 26 heavy (non-hydrogen) atoms. The lowest BCUT2D eigenvalue weighted by Crippen LogP contribution is -2.41. The van der Waals surface area contributed by atoms with Gasteiger partial charge in [-0.05, 0) is 57.3 Å². The summed E-state index contributed by atoms with van der Waals surface area (Å²) in [5.41, 5.74) is 0.463. The normalized spacial score (nSPS) is 17.5. The minimum Gasteiger partial charge on any atom is -0.369 e. The van der Waals surface area contributed by atoms with E-state index in [0.29, 0.717) is 29.7 Å². The number of carbonyl (C=O) groups excluding carboxylic acids is 1. The molecule has 0 aliphatic carbocycles. The van der Waals surface area contributed by atoms with Gasteiger partial charge in [0.15, 0.2) is 0 Å². The van der Waals surface area contributed by atoms with Crippen molar-refractivity contribution >= 4 is 17.5 Å². The van der Waals surface area contributed by atoms with Gasteiger partial charge in [-0.25, -0.2) is 4.39 Å². The molecule has 1 heterocycles. The first-order valence-corrected chi connectivity index (χ1v) is 9.85. The van der Waals surface area contributed by atoms with E-state index < -0.39 is 6.10 Å². The fourth-order valence-corrected chi connectivity index (χ4v) is 3.48. The minimum atomic E-state index is -0.524. The van der Waals surface area contributed by atoms with E-state index in [-0.39, 0.29) is 17.8 Å². The summed E-state index contributed by atoms with van der Waals surface area (Å²) in [6, 6.07) is 4.45. The van der Waals surface area contributed by atoms with E-state index in [1.165, 1.54) is 6.07 Å². The number of nitrogens with one attached hydrogen (secondary N) is 1. The summed E-state index contributed by atoms with van der Waals surface area (Å²) < 4.78 is 20.0. The first-order chi connectivity index (χ1) is 12.4. The van der Waals surface area contributed by atoms with Crippen molar-refractivity contribution < 1.29 is 13.9 Å². The molecule has 1 aromatic rings. The highest BCUT2D eigenvalue weighted by Crippen LogP contribution is 2.31. The Hall–Kier alpha value is -1.17. The Labute approximate surface area is 161 Å². The predicted octanol–water partition coefficient (Wildman–Crippen LogP) is 4.18. The summed E-state index contributed by atoms with van der Waals surface area (Å²) in [4.78, 5) is 14.5. The van der Waals surface area contributed by atoms with Crippen LogP contribution < -0.4 is 5.32 Å². The number of nitrogens with zero attached hydrogens (tertiary/aromatic N) is 1. The van der Waals surface area contributed by atoms with Gasteiger partial charge in [-0.1, -0.05) is 31.5 Å². The predicted molar refractivity (Wildman–Crippen MR) is 103 cm³/mol. The van der Waals surface area contributed by atoms with Gasteiger partial charge >= 0.3 is 0 Å². The monoisotopic (exact) mass is 384 g/mol. The van der Waals surface area contributed by atoms with Crippen LogP contribution in [-0.2, 0) is 9.53 Å². The maximum absolute atomic E-state index is 14.4. The van der Waals surface area contributed by atoms with Crippen molar-refractivity contribution in [1.29, 1.82) is 0 Å². The Morgan fingerprint density at radius 1 is 1.31 bits per heavy atom. The zero-order valence-corrected chi connectivity index (χ0v) is 16.7. The zero-order valence-electron chi connectivity index (χ0n) is 15.9. The molecule has 2 rings (SSSR count). The molecule has 1 amide bonds. The molecule has 0 spiro atoms. The van der Waals surface area contributed by atoms with Gasteiger partial charge in [0, 0.05) is 23.7 Å². The van der Waals surface area contributed by atoms with E-state index in [1.807, 2.05) is 0 Å². The van der Waals surface area contributed by atoms with Crippen molar-refractivity contribution in [2.45, 2.75) is 52.2 Å². The van der Waals surface area contributed by atoms with E-state index in [1.54, 1.807) is 19.1 Å². The summed E-state index contributed by atoms with van der Waals surface area (Å²) in [6.07, 6.45) is 2.54. The van der Waals surface area contributed by atoms with Gasteiger partial charge in [0.2, 0.25) is 5.91 Å². The molecule has 4 nitrogen and oxygen atoms in total. The third kappa shape index (κ3) is 5.93. The first kappa shape index (κ1) is 21.1. The van der Waals surface area contributed by atoms with Crippen LogP contribution in [0.15, 0.2) is 18.2 Å². The second-order valence-corrected chi connectivity index (χ2v) is 7.74. The highest BCUT2D eigenvalue weighted by Gasteiger charge is 2.28. The number of ether oxygens (including phenoxy) is 1. The number of halogens is 2. The minimum absolute atomic E-state index is 0.176. The molecule has 6 heteroatoms. The molecule has 2 unspecified atom stereocenters. The molecule has 1 N–H and O–H groups in total. The van der Waals surface area contributed by atoms with Gasteiger partial charge in [0.25, 0.3) is 0 Å².